The quantitative estimate of drug-likeness (QED) is 0.0809. The fourth-order valence-corrected chi connectivity index (χ4v) is 10.3. The van der Waals surface area contributed by atoms with Gasteiger partial charge in [0, 0.05) is 25.8 Å². The number of pyridine rings is 1. The molecule has 0 radical (unpaired) electrons. The molecule has 0 aliphatic rings. The van der Waals surface area contributed by atoms with E-state index >= 15 is 0 Å². The fraction of sp³-hybridized carbons (Fsp3) is 0.143. The number of carbonyl (C=O) groups excluding carboxylic acids is 1. The standard InChI is InChI=1S/C34H34N2P2.CHO.Ru.H/c1-5-16-31(17-6-1)37(32-18-7-2-8-19-32)27-25-36(29-30-15-13-14-24-35-30)26-28-38(33-20-9-3-10-21-33)34-22-11-4-12-23-34;1-2;;/h1-24H,25-29H2;1H;;/q;-1;+2;/p+2. The zero-order chi connectivity index (χ0) is 27.8. The van der Waals surface area contributed by atoms with E-state index in [-0.39, 0.29) is 19.5 Å². The number of benzene rings is 4. The van der Waals surface area contributed by atoms with Crippen LogP contribution in [0.25, 0.3) is 0 Å². The summed E-state index contributed by atoms with van der Waals surface area (Å²) in [6.07, 6.45) is 4.26. The summed E-state index contributed by atoms with van der Waals surface area (Å²) in [5.74, 6) is 0. The molecule has 4 aromatic carbocycles. The average molecular weight is 666 g/mol. The Bertz CT molecular complexity index is 1200. The average Bonchev–Trinajstić information content (AvgIpc) is 3.04. The van der Waals surface area contributed by atoms with Crippen LogP contribution in [0.2, 0.25) is 0 Å². The molecule has 0 aliphatic carbocycles. The van der Waals surface area contributed by atoms with Gasteiger partial charge >= 0.3 is 19.5 Å². The summed E-state index contributed by atoms with van der Waals surface area (Å²) in [4.78, 5) is 15.1. The van der Waals surface area contributed by atoms with E-state index in [0.717, 1.165) is 25.3 Å². The second-order valence-corrected chi connectivity index (χ2v) is 14.7. The van der Waals surface area contributed by atoms with Crippen LogP contribution in [0, 0.1) is 0 Å². The minimum atomic E-state index is -0.881. The van der Waals surface area contributed by atoms with Crippen molar-refractivity contribution in [2.24, 2.45) is 0 Å². The number of rotatable bonds is 12. The third-order valence-corrected chi connectivity index (χ3v) is 12.5. The Kier molecular flexibility index (Phi) is 14.8. The first-order valence-electron chi connectivity index (χ1n) is 13.7. The van der Waals surface area contributed by atoms with Gasteiger partial charge in [0.25, 0.3) is 0 Å². The Morgan fingerprint density at radius 2 is 0.854 bits per heavy atom. The van der Waals surface area contributed by atoms with Gasteiger partial charge in [-0.2, -0.15) is 0 Å². The normalized spacial score (nSPS) is 10.6. The van der Waals surface area contributed by atoms with Gasteiger partial charge in [-0.25, -0.2) is 0 Å². The van der Waals surface area contributed by atoms with Gasteiger partial charge in [-0.3, -0.25) is 16.7 Å². The summed E-state index contributed by atoms with van der Waals surface area (Å²) >= 11 is 0. The van der Waals surface area contributed by atoms with Crippen molar-refractivity contribution < 1.29 is 24.3 Å². The molecule has 0 unspecified atom stereocenters. The van der Waals surface area contributed by atoms with Crippen LogP contribution in [0.15, 0.2) is 146 Å². The molecule has 0 aliphatic heterocycles. The minimum absolute atomic E-state index is 0. The number of hydrogen-bond acceptors (Lipinski definition) is 3. The molecule has 1 aromatic heterocycles. The van der Waals surface area contributed by atoms with Crippen molar-refractivity contribution >= 4 is 43.9 Å². The van der Waals surface area contributed by atoms with Crippen molar-refractivity contribution in [3.05, 3.63) is 151 Å². The molecule has 0 spiro atoms. The molecular weight excluding hydrogens is 627 g/mol. The number of hydrogen-bond donors (Lipinski definition) is 0. The van der Waals surface area contributed by atoms with Crippen LogP contribution in [0.4, 0.5) is 0 Å². The van der Waals surface area contributed by atoms with E-state index in [2.05, 4.69) is 150 Å². The predicted octanol–water partition coefficient (Wildman–Crippen LogP) is 5.07. The van der Waals surface area contributed by atoms with Gasteiger partial charge in [-0.1, -0.05) is 78.9 Å². The van der Waals surface area contributed by atoms with E-state index in [9.17, 15) is 0 Å². The Balaban J connectivity index is 0.00000151. The molecule has 0 atom stereocenters. The Morgan fingerprint density at radius 1 is 0.512 bits per heavy atom. The smallest absolute Gasteiger partial charge is 0.0967 e. The van der Waals surface area contributed by atoms with E-state index in [0.29, 0.717) is 0 Å². The molecule has 0 saturated carbocycles. The molecular formula is C35H38N2OP2Ru+3. The van der Waals surface area contributed by atoms with E-state index in [1.807, 2.05) is 12.3 Å². The zero-order valence-electron chi connectivity index (χ0n) is 23.1. The Morgan fingerprint density at radius 3 is 1.17 bits per heavy atom. The molecule has 1 heterocycles. The molecule has 41 heavy (non-hydrogen) atoms. The zero-order valence-corrected chi connectivity index (χ0v) is 27.0. The van der Waals surface area contributed by atoms with E-state index in [1.54, 1.807) is 0 Å². The first-order chi connectivity index (χ1) is 19.9. The summed E-state index contributed by atoms with van der Waals surface area (Å²) in [5, 5.41) is 5.94. The maximum absolute atomic E-state index is 7.75. The van der Waals surface area contributed by atoms with Crippen LogP contribution >= 0.6 is 15.8 Å². The van der Waals surface area contributed by atoms with Crippen molar-refractivity contribution in [1.29, 1.82) is 0 Å². The number of nitrogens with zero attached hydrogens (tertiary/aromatic N) is 2. The SMILES string of the molecule is [CH-]=O.[RuH+2].c1ccc([PH+](CCN(CC[PH+](c2ccccc2)c2ccccc2)Cc2ccccn2)c2ccccc2)cc1. The molecule has 5 rings (SSSR count). The second kappa shape index (κ2) is 18.6. The summed E-state index contributed by atoms with van der Waals surface area (Å²) < 4.78 is 0. The third-order valence-electron chi connectivity index (χ3n) is 6.96. The maximum Gasteiger partial charge on any atom is 0.0967 e. The van der Waals surface area contributed by atoms with E-state index in [4.69, 9.17) is 4.79 Å². The van der Waals surface area contributed by atoms with Crippen LogP contribution in [0.1, 0.15) is 5.69 Å². The third kappa shape index (κ3) is 10.2. The largest absolute Gasteiger partial charge is 0.290 e. The fourth-order valence-electron chi connectivity index (χ4n) is 5.00. The molecule has 0 N–H and O–H groups in total. The predicted molar refractivity (Wildman–Crippen MR) is 178 cm³/mol. The van der Waals surface area contributed by atoms with Crippen LogP contribution in [-0.2, 0) is 30.8 Å². The molecule has 3 nitrogen and oxygen atoms in total. The maximum atomic E-state index is 7.75. The van der Waals surface area contributed by atoms with Gasteiger partial charge in [-0.05, 0) is 60.7 Å². The van der Waals surface area contributed by atoms with Crippen molar-refractivity contribution in [2.45, 2.75) is 6.54 Å². The monoisotopic (exact) mass is 666 g/mol. The topological polar surface area (TPSA) is 33.2 Å². The van der Waals surface area contributed by atoms with Crippen LogP contribution in [0.5, 0.6) is 0 Å². The first-order valence-corrected chi connectivity index (χ1v) is 17.1. The molecule has 6 heteroatoms. The number of aromatic nitrogens is 1. The van der Waals surface area contributed by atoms with Crippen LogP contribution in [-0.4, -0.2) is 42.1 Å². The summed E-state index contributed by atoms with van der Waals surface area (Å²) in [6, 6.07) is 50.8. The molecule has 5 aromatic rings. The van der Waals surface area contributed by atoms with Gasteiger partial charge in [0.2, 0.25) is 0 Å². The molecule has 0 saturated heterocycles. The van der Waals surface area contributed by atoms with E-state index in [1.165, 1.54) is 33.5 Å². The summed E-state index contributed by atoms with van der Waals surface area (Å²) in [7, 11) is -1.76. The van der Waals surface area contributed by atoms with E-state index < -0.39 is 15.8 Å². The van der Waals surface area contributed by atoms with Gasteiger partial charge in [0.1, 0.15) is 0 Å². The van der Waals surface area contributed by atoms with Crippen LogP contribution < -0.4 is 21.2 Å². The molecule has 0 fully saturated rings. The van der Waals surface area contributed by atoms with Crippen molar-refractivity contribution in [3.8, 4) is 0 Å². The second-order valence-electron chi connectivity index (χ2n) is 9.52. The molecule has 209 valence electrons. The Hall–Kier alpha value is -2.86. The van der Waals surface area contributed by atoms with Gasteiger partial charge in [0.15, 0.2) is 0 Å². The van der Waals surface area contributed by atoms with Crippen molar-refractivity contribution in [1.82, 2.24) is 9.88 Å². The van der Waals surface area contributed by atoms with Crippen LogP contribution in [0.3, 0.4) is 0 Å². The van der Waals surface area contributed by atoms with Gasteiger partial charge < -0.3 is 4.79 Å². The minimum Gasteiger partial charge on any atom is -0.290 e. The molecule has 0 bridgehead atoms. The van der Waals surface area contributed by atoms with Gasteiger partial charge in [0.05, 0.1) is 55.1 Å². The van der Waals surface area contributed by atoms with Gasteiger partial charge in [-0.15, -0.1) is 0 Å². The first kappa shape index (κ1) is 32.7. The summed E-state index contributed by atoms with van der Waals surface area (Å²) in [6.45, 7) is 6.26. The Labute approximate surface area is 260 Å². The summed E-state index contributed by atoms with van der Waals surface area (Å²) in [5.41, 5.74) is 1.15. The molecule has 0 amide bonds. The van der Waals surface area contributed by atoms with Crippen molar-refractivity contribution in [2.75, 3.05) is 25.4 Å². The van der Waals surface area contributed by atoms with Crippen molar-refractivity contribution in [3.63, 3.8) is 0 Å².